The number of H-pyrrole nitrogens is 1. The van der Waals surface area contributed by atoms with E-state index in [2.05, 4.69) is 10.3 Å². The highest BCUT2D eigenvalue weighted by Crippen LogP contribution is 1.90. The minimum atomic E-state index is -0.586. The average Bonchev–Trinajstić information content (AvgIpc) is 2.32. The molecule has 1 heterocycles. The minimum Gasteiger partial charge on any atom is -0.383 e. The Balaban J connectivity index is 2.79. The van der Waals surface area contributed by atoms with Crippen LogP contribution in [0.5, 0.6) is 0 Å². The van der Waals surface area contributed by atoms with Gasteiger partial charge >= 0.3 is 5.69 Å². The standard InChI is InChI=1S/C12H19N3O4/c1-4-9-5-15(12(18)14-11(9)17)6-10(16)13-8(2)7-19-3/h5,8H,4,6-7H2,1-3H3,(H,13,16)(H,14,17,18). The molecule has 0 aliphatic heterocycles. The van der Waals surface area contributed by atoms with Crippen molar-refractivity contribution in [3.63, 3.8) is 0 Å². The van der Waals surface area contributed by atoms with Crippen LogP contribution in [0.15, 0.2) is 15.8 Å². The molecule has 106 valence electrons. The summed E-state index contributed by atoms with van der Waals surface area (Å²) < 4.78 is 6.09. The second-order valence-electron chi connectivity index (χ2n) is 4.32. The topological polar surface area (TPSA) is 93.2 Å². The number of aromatic amines is 1. The fourth-order valence-corrected chi connectivity index (χ4v) is 1.69. The number of methoxy groups -OCH3 is 1. The Morgan fingerprint density at radius 2 is 2.21 bits per heavy atom. The number of aromatic nitrogens is 2. The Kier molecular flexibility index (Phi) is 5.50. The number of amides is 1. The number of ether oxygens (including phenoxy) is 1. The predicted octanol–water partition coefficient (Wildman–Crippen LogP) is -0.750. The first-order valence-electron chi connectivity index (χ1n) is 6.08. The average molecular weight is 269 g/mol. The van der Waals surface area contributed by atoms with Crippen LogP contribution >= 0.6 is 0 Å². The molecule has 1 atom stereocenters. The van der Waals surface area contributed by atoms with Gasteiger partial charge in [0.05, 0.1) is 6.61 Å². The Hall–Kier alpha value is -1.89. The highest BCUT2D eigenvalue weighted by atomic mass is 16.5. The van der Waals surface area contributed by atoms with Gasteiger partial charge in [-0.05, 0) is 13.3 Å². The van der Waals surface area contributed by atoms with Crippen LogP contribution in [0, 0.1) is 0 Å². The molecule has 1 rings (SSSR count). The molecule has 0 bridgehead atoms. The molecule has 1 aromatic heterocycles. The molecule has 7 nitrogen and oxygen atoms in total. The molecule has 7 heteroatoms. The normalized spacial score (nSPS) is 12.2. The van der Waals surface area contributed by atoms with Gasteiger partial charge < -0.3 is 10.1 Å². The molecular formula is C12H19N3O4. The number of hydrogen-bond donors (Lipinski definition) is 2. The van der Waals surface area contributed by atoms with Crippen molar-refractivity contribution in [3.8, 4) is 0 Å². The Labute approximate surface area is 110 Å². The molecule has 19 heavy (non-hydrogen) atoms. The summed E-state index contributed by atoms with van der Waals surface area (Å²) in [6.45, 7) is 3.87. The number of carbonyl (C=O) groups is 1. The summed E-state index contributed by atoms with van der Waals surface area (Å²) in [5.74, 6) is -0.305. The van der Waals surface area contributed by atoms with Crippen LogP contribution in [-0.2, 0) is 22.5 Å². The molecular weight excluding hydrogens is 250 g/mol. The van der Waals surface area contributed by atoms with Gasteiger partial charge in [0.15, 0.2) is 0 Å². The van der Waals surface area contributed by atoms with E-state index in [0.29, 0.717) is 18.6 Å². The van der Waals surface area contributed by atoms with Crippen molar-refractivity contribution >= 4 is 5.91 Å². The highest BCUT2D eigenvalue weighted by molar-refractivity contribution is 5.76. The third kappa shape index (κ3) is 4.36. The van der Waals surface area contributed by atoms with Crippen molar-refractivity contribution in [2.24, 2.45) is 0 Å². The van der Waals surface area contributed by atoms with E-state index in [1.165, 1.54) is 10.8 Å². The lowest BCUT2D eigenvalue weighted by atomic mass is 10.2. The molecule has 0 radical (unpaired) electrons. The number of hydrogen-bond acceptors (Lipinski definition) is 4. The van der Waals surface area contributed by atoms with Gasteiger partial charge in [0, 0.05) is 24.9 Å². The molecule has 1 amide bonds. The summed E-state index contributed by atoms with van der Waals surface area (Å²) >= 11 is 0. The van der Waals surface area contributed by atoms with Crippen LogP contribution in [0.4, 0.5) is 0 Å². The second-order valence-corrected chi connectivity index (χ2v) is 4.32. The third-order valence-corrected chi connectivity index (χ3v) is 2.60. The lowest BCUT2D eigenvalue weighted by Gasteiger charge is -2.13. The molecule has 0 aromatic carbocycles. The van der Waals surface area contributed by atoms with Crippen LogP contribution < -0.4 is 16.6 Å². The zero-order valence-corrected chi connectivity index (χ0v) is 11.4. The van der Waals surface area contributed by atoms with Gasteiger partial charge in [-0.1, -0.05) is 6.92 Å². The number of nitrogens with one attached hydrogen (secondary N) is 2. The SMILES string of the molecule is CCc1cn(CC(=O)NC(C)COC)c(=O)[nH]c1=O. The monoisotopic (exact) mass is 269 g/mol. The summed E-state index contributed by atoms with van der Waals surface area (Å²) in [6, 6.07) is -0.137. The minimum absolute atomic E-state index is 0.128. The summed E-state index contributed by atoms with van der Waals surface area (Å²) in [5.41, 5.74) is -0.522. The molecule has 2 N–H and O–H groups in total. The first-order chi connectivity index (χ1) is 8.97. The van der Waals surface area contributed by atoms with Crippen LogP contribution in [0.25, 0.3) is 0 Å². The van der Waals surface area contributed by atoms with Gasteiger partial charge in [-0.2, -0.15) is 0 Å². The summed E-state index contributed by atoms with van der Waals surface area (Å²) in [4.78, 5) is 36.8. The van der Waals surface area contributed by atoms with Crippen molar-refractivity contribution in [2.75, 3.05) is 13.7 Å². The summed E-state index contributed by atoms with van der Waals surface area (Å²) in [7, 11) is 1.54. The van der Waals surface area contributed by atoms with Gasteiger partial charge in [-0.3, -0.25) is 19.1 Å². The molecule has 0 spiro atoms. The maximum Gasteiger partial charge on any atom is 0.328 e. The Morgan fingerprint density at radius 1 is 1.53 bits per heavy atom. The summed E-state index contributed by atoms with van der Waals surface area (Å²) in [6.07, 6.45) is 1.92. The zero-order chi connectivity index (χ0) is 14.4. The number of rotatable bonds is 6. The maximum atomic E-state index is 11.7. The van der Waals surface area contributed by atoms with E-state index in [-0.39, 0.29) is 18.5 Å². The van der Waals surface area contributed by atoms with Gasteiger partial charge in [-0.25, -0.2) is 4.79 Å². The van der Waals surface area contributed by atoms with Crippen molar-refractivity contribution in [2.45, 2.75) is 32.9 Å². The quantitative estimate of drug-likeness (QED) is 0.710. The van der Waals surface area contributed by atoms with Crippen LogP contribution in [0.2, 0.25) is 0 Å². The van der Waals surface area contributed by atoms with E-state index < -0.39 is 11.2 Å². The van der Waals surface area contributed by atoms with E-state index in [9.17, 15) is 14.4 Å². The van der Waals surface area contributed by atoms with Crippen molar-refractivity contribution < 1.29 is 9.53 Å². The smallest absolute Gasteiger partial charge is 0.328 e. The van der Waals surface area contributed by atoms with Gasteiger partial charge in [-0.15, -0.1) is 0 Å². The molecule has 1 aromatic rings. The largest absolute Gasteiger partial charge is 0.383 e. The van der Waals surface area contributed by atoms with Crippen molar-refractivity contribution in [1.29, 1.82) is 0 Å². The number of carbonyl (C=O) groups excluding carboxylic acids is 1. The fourth-order valence-electron chi connectivity index (χ4n) is 1.69. The Bertz CT molecular complexity index is 547. The predicted molar refractivity (Wildman–Crippen MR) is 70.2 cm³/mol. The van der Waals surface area contributed by atoms with Crippen LogP contribution in [-0.4, -0.2) is 35.2 Å². The summed E-state index contributed by atoms with van der Waals surface area (Å²) in [5, 5.41) is 2.69. The van der Waals surface area contributed by atoms with E-state index in [1.54, 1.807) is 21.0 Å². The van der Waals surface area contributed by atoms with Crippen LogP contribution in [0.1, 0.15) is 19.4 Å². The van der Waals surface area contributed by atoms with Crippen molar-refractivity contribution in [1.82, 2.24) is 14.9 Å². The molecule has 1 unspecified atom stereocenters. The first kappa shape index (κ1) is 15.2. The molecule has 0 saturated carbocycles. The number of nitrogens with zero attached hydrogens (tertiary/aromatic N) is 1. The fraction of sp³-hybridized carbons (Fsp3) is 0.583. The second kappa shape index (κ2) is 6.89. The van der Waals surface area contributed by atoms with E-state index in [0.717, 1.165) is 0 Å². The van der Waals surface area contributed by atoms with Gasteiger partial charge in [0.25, 0.3) is 5.56 Å². The third-order valence-electron chi connectivity index (χ3n) is 2.60. The van der Waals surface area contributed by atoms with E-state index in [1.807, 2.05) is 0 Å². The van der Waals surface area contributed by atoms with E-state index >= 15 is 0 Å². The highest BCUT2D eigenvalue weighted by Gasteiger charge is 2.10. The maximum absolute atomic E-state index is 11.7. The van der Waals surface area contributed by atoms with E-state index in [4.69, 9.17) is 4.74 Å². The van der Waals surface area contributed by atoms with Crippen LogP contribution in [0.3, 0.4) is 0 Å². The first-order valence-corrected chi connectivity index (χ1v) is 6.08. The molecule has 0 aliphatic rings. The molecule has 0 aliphatic carbocycles. The molecule has 0 fully saturated rings. The van der Waals surface area contributed by atoms with Gasteiger partial charge in [0.1, 0.15) is 6.54 Å². The van der Waals surface area contributed by atoms with Gasteiger partial charge in [0.2, 0.25) is 5.91 Å². The zero-order valence-electron chi connectivity index (χ0n) is 11.4. The number of aryl methyl sites for hydroxylation is 1. The lowest BCUT2D eigenvalue weighted by Crippen LogP contribution is -2.41. The lowest BCUT2D eigenvalue weighted by molar-refractivity contribution is -0.122. The van der Waals surface area contributed by atoms with Crippen molar-refractivity contribution in [3.05, 3.63) is 32.6 Å². The Morgan fingerprint density at radius 3 is 2.79 bits per heavy atom. The molecule has 0 saturated heterocycles.